The number of benzene rings is 2. The van der Waals surface area contributed by atoms with Gasteiger partial charge in [-0.2, -0.15) is 15.1 Å². The molecule has 0 radical (unpaired) electrons. The van der Waals surface area contributed by atoms with Gasteiger partial charge in [-0.1, -0.05) is 43.3 Å². The van der Waals surface area contributed by atoms with Crippen molar-refractivity contribution in [3.8, 4) is 5.69 Å². The van der Waals surface area contributed by atoms with Gasteiger partial charge < -0.3 is 10.2 Å². The Hall–Kier alpha value is -3.41. The fourth-order valence-electron chi connectivity index (χ4n) is 4.10. The van der Waals surface area contributed by atoms with Crippen molar-refractivity contribution in [1.82, 2.24) is 19.7 Å². The minimum atomic E-state index is 0.643. The van der Waals surface area contributed by atoms with Gasteiger partial charge in [-0.05, 0) is 49.4 Å². The fourth-order valence-corrected chi connectivity index (χ4v) is 4.10. The average Bonchev–Trinajstić information content (AvgIpc) is 3.20. The van der Waals surface area contributed by atoms with Gasteiger partial charge in [0.05, 0.1) is 17.3 Å². The first-order valence-corrected chi connectivity index (χ1v) is 10.6. The SMILES string of the molecule is Cc1ccccc1Nc1nc(N2CCC[C@@H](C)C2)nc2c1cnn2-c1ccccc1. The summed E-state index contributed by atoms with van der Waals surface area (Å²) < 4.78 is 1.90. The Bertz CT molecular complexity index is 1170. The highest BCUT2D eigenvalue weighted by molar-refractivity contribution is 5.90. The zero-order valence-corrected chi connectivity index (χ0v) is 17.4. The molecule has 1 aliphatic rings. The van der Waals surface area contributed by atoms with Gasteiger partial charge in [0.25, 0.3) is 0 Å². The van der Waals surface area contributed by atoms with Gasteiger partial charge in [-0.25, -0.2) is 4.68 Å². The number of anilines is 3. The zero-order chi connectivity index (χ0) is 20.5. The Morgan fingerprint density at radius 2 is 1.80 bits per heavy atom. The standard InChI is InChI=1S/C24H26N6/c1-17-9-8-14-29(16-17)24-27-22(26-21-13-7-6-10-18(21)2)20-15-25-30(23(20)28-24)19-11-4-3-5-12-19/h3-7,10-13,15,17H,8-9,14,16H2,1-2H3,(H,26,27,28)/t17-/m1/s1. The number of para-hydroxylation sites is 2. The van der Waals surface area contributed by atoms with Crippen LogP contribution < -0.4 is 10.2 Å². The lowest BCUT2D eigenvalue weighted by Gasteiger charge is -2.31. The largest absolute Gasteiger partial charge is 0.340 e. The van der Waals surface area contributed by atoms with Crippen molar-refractivity contribution >= 4 is 28.5 Å². The Kier molecular flexibility index (Phi) is 4.83. The second-order valence-electron chi connectivity index (χ2n) is 8.13. The van der Waals surface area contributed by atoms with Crippen LogP contribution in [-0.4, -0.2) is 32.8 Å². The molecule has 2 aromatic carbocycles. The Labute approximate surface area is 176 Å². The maximum absolute atomic E-state index is 4.97. The van der Waals surface area contributed by atoms with Crippen LogP contribution in [0.3, 0.4) is 0 Å². The summed E-state index contributed by atoms with van der Waals surface area (Å²) in [7, 11) is 0. The average molecular weight is 399 g/mol. The number of aromatic nitrogens is 4. The molecular weight excluding hydrogens is 372 g/mol. The molecule has 1 atom stereocenters. The molecule has 0 saturated carbocycles. The van der Waals surface area contributed by atoms with E-state index in [0.717, 1.165) is 47.3 Å². The van der Waals surface area contributed by atoms with Gasteiger partial charge in [-0.3, -0.25) is 0 Å². The van der Waals surface area contributed by atoms with E-state index >= 15 is 0 Å². The third-order valence-electron chi connectivity index (χ3n) is 5.76. The number of nitrogens with zero attached hydrogens (tertiary/aromatic N) is 5. The van der Waals surface area contributed by atoms with Gasteiger partial charge in [0.2, 0.25) is 5.95 Å². The monoisotopic (exact) mass is 398 g/mol. The molecule has 0 aliphatic carbocycles. The van der Waals surface area contributed by atoms with Crippen molar-refractivity contribution in [3.05, 3.63) is 66.4 Å². The zero-order valence-electron chi connectivity index (χ0n) is 17.4. The molecule has 5 rings (SSSR count). The number of rotatable bonds is 4. The van der Waals surface area contributed by atoms with E-state index < -0.39 is 0 Å². The molecule has 2 aromatic heterocycles. The predicted molar refractivity (Wildman–Crippen MR) is 122 cm³/mol. The molecule has 152 valence electrons. The Balaban J connectivity index is 1.65. The molecule has 0 unspecified atom stereocenters. The summed E-state index contributed by atoms with van der Waals surface area (Å²) in [6.45, 7) is 6.36. The molecule has 0 amide bonds. The van der Waals surface area contributed by atoms with Crippen LogP contribution in [0.15, 0.2) is 60.8 Å². The third kappa shape index (κ3) is 3.49. The topological polar surface area (TPSA) is 58.9 Å². The highest BCUT2D eigenvalue weighted by Gasteiger charge is 2.22. The second-order valence-corrected chi connectivity index (χ2v) is 8.13. The van der Waals surface area contributed by atoms with Crippen LogP contribution in [-0.2, 0) is 0 Å². The molecule has 4 aromatic rings. The maximum atomic E-state index is 4.97. The number of nitrogens with one attached hydrogen (secondary N) is 1. The molecule has 6 nitrogen and oxygen atoms in total. The van der Waals surface area contributed by atoms with Crippen molar-refractivity contribution in [2.24, 2.45) is 5.92 Å². The summed E-state index contributed by atoms with van der Waals surface area (Å²) in [5.41, 5.74) is 4.03. The number of aryl methyl sites for hydroxylation is 1. The molecule has 6 heteroatoms. The molecular formula is C24H26N6. The molecule has 1 N–H and O–H groups in total. The third-order valence-corrected chi connectivity index (χ3v) is 5.76. The van der Waals surface area contributed by atoms with E-state index in [4.69, 9.17) is 9.97 Å². The fraction of sp³-hybridized carbons (Fsp3) is 0.292. The first-order chi connectivity index (χ1) is 14.7. The molecule has 0 bridgehead atoms. The van der Waals surface area contributed by atoms with Gasteiger partial charge in [0, 0.05) is 18.8 Å². The van der Waals surface area contributed by atoms with Crippen molar-refractivity contribution < 1.29 is 0 Å². The highest BCUT2D eigenvalue weighted by atomic mass is 15.3. The smallest absolute Gasteiger partial charge is 0.229 e. The minimum Gasteiger partial charge on any atom is -0.340 e. The van der Waals surface area contributed by atoms with E-state index in [1.807, 2.05) is 53.3 Å². The van der Waals surface area contributed by atoms with Gasteiger partial charge in [0.15, 0.2) is 5.65 Å². The van der Waals surface area contributed by atoms with E-state index in [9.17, 15) is 0 Å². The normalized spacial score (nSPS) is 16.7. The van der Waals surface area contributed by atoms with E-state index in [1.165, 1.54) is 18.4 Å². The maximum Gasteiger partial charge on any atom is 0.229 e. The lowest BCUT2D eigenvalue weighted by atomic mass is 10.0. The summed E-state index contributed by atoms with van der Waals surface area (Å²) in [6, 6.07) is 18.4. The molecule has 3 heterocycles. The van der Waals surface area contributed by atoms with Crippen LogP contribution in [0.2, 0.25) is 0 Å². The number of piperidine rings is 1. The molecule has 30 heavy (non-hydrogen) atoms. The van der Waals surface area contributed by atoms with Crippen LogP contribution >= 0.6 is 0 Å². The lowest BCUT2D eigenvalue weighted by molar-refractivity contribution is 0.442. The van der Waals surface area contributed by atoms with Crippen LogP contribution in [0, 0.1) is 12.8 Å². The molecule has 1 fully saturated rings. The summed E-state index contributed by atoms with van der Waals surface area (Å²) in [4.78, 5) is 12.2. The number of fused-ring (bicyclic) bond motifs is 1. The van der Waals surface area contributed by atoms with E-state index in [1.54, 1.807) is 0 Å². The first-order valence-electron chi connectivity index (χ1n) is 10.6. The first kappa shape index (κ1) is 18.6. The number of hydrogen-bond acceptors (Lipinski definition) is 5. The molecule has 1 saturated heterocycles. The predicted octanol–water partition coefficient (Wildman–Crippen LogP) is 5.10. The second kappa shape index (κ2) is 7.78. The van der Waals surface area contributed by atoms with Gasteiger partial charge in [-0.15, -0.1) is 0 Å². The Morgan fingerprint density at radius 3 is 2.60 bits per heavy atom. The van der Waals surface area contributed by atoms with Crippen molar-refractivity contribution in [2.75, 3.05) is 23.3 Å². The highest BCUT2D eigenvalue weighted by Crippen LogP contribution is 2.30. The molecule has 1 aliphatic heterocycles. The summed E-state index contributed by atoms with van der Waals surface area (Å²) in [5, 5.41) is 9.10. The molecule has 0 spiro atoms. The van der Waals surface area contributed by atoms with Crippen LogP contribution in [0.25, 0.3) is 16.7 Å². The van der Waals surface area contributed by atoms with Crippen LogP contribution in [0.4, 0.5) is 17.5 Å². The summed E-state index contributed by atoms with van der Waals surface area (Å²) in [5.74, 6) is 2.21. The minimum absolute atomic E-state index is 0.643. The summed E-state index contributed by atoms with van der Waals surface area (Å²) in [6.07, 6.45) is 4.28. The quantitative estimate of drug-likeness (QED) is 0.518. The Morgan fingerprint density at radius 1 is 1.00 bits per heavy atom. The summed E-state index contributed by atoms with van der Waals surface area (Å²) >= 11 is 0. The van der Waals surface area contributed by atoms with Crippen molar-refractivity contribution in [1.29, 1.82) is 0 Å². The van der Waals surface area contributed by atoms with Crippen molar-refractivity contribution in [2.45, 2.75) is 26.7 Å². The van der Waals surface area contributed by atoms with Crippen LogP contribution in [0.5, 0.6) is 0 Å². The lowest BCUT2D eigenvalue weighted by Crippen LogP contribution is -2.35. The van der Waals surface area contributed by atoms with Crippen LogP contribution in [0.1, 0.15) is 25.3 Å². The van der Waals surface area contributed by atoms with Gasteiger partial charge in [0.1, 0.15) is 5.82 Å². The van der Waals surface area contributed by atoms with Gasteiger partial charge >= 0.3 is 0 Å². The van der Waals surface area contributed by atoms with E-state index in [-0.39, 0.29) is 0 Å². The van der Waals surface area contributed by atoms with E-state index in [0.29, 0.717) is 5.92 Å². The van der Waals surface area contributed by atoms with Crippen molar-refractivity contribution in [3.63, 3.8) is 0 Å². The number of hydrogen-bond donors (Lipinski definition) is 1. The van der Waals surface area contributed by atoms with E-state index in [2.05, 4.69) is 41.3 Å².